The maximum absolute atomic E-state index is 11.0. The van der Waals surface area contributed by atoms with Crippen molar-refractivity contribution in [3.63, 3.8) is 0 Å². The van der Waals surface area contributed by atoms with Crippen LogP contribution in [0, 0.1) is 11.3 Å². The van der Waals surface area contributed by atoms with E-state index in [1.807, 2.05) is 24.3 Å². The van der Waals surface area contributed by atoms with E-state index in [0.29, 0.717) is 12.0 Å². The van der Waals surface area contributed by atoms with Crippen LogP contribution in [-0.2, 0) is 4.79 Å². The maximum Gasteiger partial charge on any atom is 0.155 e. The van der Waals surface area contributed by atoms with Crippen molar-refractivity contribution in [2.45, 2.75) is 18.8 Å². The predicted molar refractivity (Wildman–Crippen MR) is 57.3 cm³/mol. The molecule has 1 atom stereocenters. The van der Waals surface area contributed by atoms with Crippen molar-refractivity contribution in [2.75, 3.05) is 0 Å². The zero-order chi connectivity index (χ0) is 10.7. The number of hydrogen-bond acceptors (Lipinski definition) is 2. The van der Waals surface area contributed by atoms with Crippen LogP contribution in [0.15, 0.2) is 36.4 Å². The molecule has 0 unspecified atom stereocenters. The minimum atomic E-state index is 0.197. The Morgan fingerprint density at radius 1 is 1.40 bits per heavy atom. The van der Waals surface area contributed by atoms with Gasteiger partial charge in [-0.25, -0.2) is 0 Å². The average molecular weight is 197 g/mol. The molecule has 0 N–H and O–H groups in total. The summed E-state index contributed by atoms with van der Waals surface area (Å²) in [7, 11) is 0. The smallest absolute Gasteiger partial charge is 0.155 e. The van der Waals surface area contributed by atoms with Gasteiger partial charge in [0.05, 0.1) is 11.6 Å². The zero-order valence-electron chi connectivity index (χ0n) is 8.31. The van der Waals surface area contributed by atoms with E-state index in [-0.39, 0.29) is 11.7 Å². The summed E-state index contributed by atoms with van der Waals surface area (Å²) < 4.78 is 0. The van der Waals surface area contributed by atoms with Gasteiger partial charge in [0.25, 0.3) is 0 Å². The Hall–Kier alpha value is -1.88. The predicted octanol–water partition coefficient (Wildman–Crippen LogP) is 2.56. The molecule has 0 spiro atoms. The number of carbonyl (C=O) groups is 1. The van der Waals surface area contributed by atoms with Gasteiger partial charge in [0.15, 0.2) is 5.78 Å². The zero-order valence-corrected chi connectivity index (χ0v) is 8.31. The van der Waals surface area contributed by atoms with E-state index in [2.05, 4.69) is 6.07 Å². The van der Waals surface area contributed by atoms with E-state index >= 15 is 0 Å². The molecule has 2 rings (SSSR count). The third-order valence-electron chi connectivity index (χ3n) is 2.66. The molecule has 0 bridgehead atoms. The van der Waals surface area contributed by atoms with Crippen molar-refractivity contribution in [1.82, 2.24) is 0 Å². The minimum absolute atomic E-state index is 0.197. The molecule has 15 heavy (non-hydrogen) atoms. The molecule has 0 fully saturated rings. The van der Waals surface area contributed by atoms with Crippen molar-refractivity contribution in [3.8, 4) is 6.07 Å². The summed E-state index contributed by atoms with van der Waals surface area (Å²) >= 11 is 0. The molecule has 0 saturated carbocycles. The molecule has 1 aromatic carbocycles. The van der Waals surface area contributed by atoms with Crippen molar-refractivity contribution in [1.29, 1.82) is 5.26 Å². The molecule has 1 aromatic rings. The standard InChI is InChI=1S/C13H11NO/c14-9-10-2-1-3-12(8-10)11-4-6-13(15)7-5-11/h1-4,6,8,11H,5,7H2/t11-/m0/s1. The molecule has 0 aromatic heterocycles. The van der Waals surface area contributed by atoms with Gasteiger partial charge in [0.1, 0.15) is 0 Å². The van der Waals surface area contributed by atoms with E-state index in [9.17, 15) is 4.79 Å². The first-order chi connectivity index (χ1) is 7.29. The van der Waals surface area contributed by atoms with Crippen LogP contribution >= 0.6 is 0 Å². The van der Waals surface area contributed by atoms with E-state index in [4.69, 9.17) is 5.26 Å². The Morgan fingerprint density at radius 2 is 2.27 bits per heavy atom. The maximum atomic E-state index is 11.0. The second-order valence-corrected chi connectivity index (χ2v) is 3.71. The van der Waals surface area contributed by atoms with E-state index in [1.165, 1.54) is 0 Å². The van der Waals surface area contributed by atoms with Gasteiger partial charge in [-0.1, -0.05) is 18.2 Å². The highest BCUT2D eigenvalue weighted by molar-refractivity contribution is 5.90. The van der Waals surface area contributed by atoms with Gasteiger partial charge in [0, 0.05) is 12.3 Å². The summed E-state index contributed by atoms with van der Waals surface area (Å²) in [4.78, 5) is 11.0. The highest BCUT2D eigenvalue weighted by atomic mass is 16.1. The SMILES string of the molecule is N#Cc1cccc([C@H]2C=CC(=O)CC2)c1. The molecule has 0 aliphatic heterocycles. The number of ketones is 1. The topological polar surface area (TPSA) is 40.9 Å². The Balaban J connectivity index is 2.27. The lowest BCUT2D eigenvalue weighted by Crippen LogP contribution is -2.06. The highest BCUT2D eigenvalue weighted by Gasteiger charge is 2.14. The largest absolute Gasteiger partial charge is 0.295 e. The van der Waals surface area contributed by atoms with Crippen LogP contribution in [-0.4, -0.2) is 5.78 Å². The van der Waals surface area contributed by atoms with Gasteiger partial charge < -0.3 is 0 Å². The Kier molecular flexibility index (Phi) is 2.64. The van der Waals surface area contributed by atoms with Crippen LogP contribution in [0.5, 0.6) is 0 Å². The average Bonchev–Trinajstić information content (AvgIpc) is 2.30. The molecule has 0 saturated heterocycles. The van der Waals surface area contributed by atoms with Gasteiger partial charge in [0.2, 0.25) is 0 Å². The molecule has 2 heteroatoms. The first-order valence-electron chi connectivity index (χ1n) is 5.00. The third kappa shape index (κ3) is 2.13. The number of hydrogen-bond donors (Lipinski definition) is 0. The normalized spacial score (nSPS) is 19.9. The summed E-state index contributed by atoms with van der Waals surface area (Å²) in [6.07, 6.45) is 5.04. The van der Waals surface area contributed by atoms with E-state index in [1.54, 1.807) is 12.1 Å². The molecule has 0 radical (unpaired) electrons. The molecule has 0 heterocycles. The Morgan fingerprint density at radius 3 is 2.93 bits per heavy atom. The van der Waals surface area contributed by atoms with Gasteiger partial charge in [-0.05, 0) is 30.2 Å². The fraction of sp³-hybridized carbons (Fsp3) is 0.231. The Bertz CT molecular complexity index is 454. The summed E-state index contributed by atoms with van der Waals surface area (Å²) in [6.45, 7) is 0. The third-order valence-corrected chi connectivity index (χ3v) is 2.66. The van der Waals surface area contributed by atoms with Gasteiger partial charge in [-0.3, -0.25) is 4.79 Å². The van der Waals surface area contributed by atoms with Crippen LogP contribution in [0.1, 0.15) is 29.9 Å². The van der Waals surface area contributed by atoms with E-state index in [0.717, 1.165) is 12.0 Å². The molecular formula is C13H11NO. The van der Waals surface area contributed by atoms with Crippen molar-refractivity contribution < 1.29 is 4.79 Å². The van der Waals surface area contributed by atoms with E-state index < -0.39 is 0 Å². The molecule has 74 valence electrons. The van der Waals surface area contributed by atoms with Crippen molar-refractivity contribution in [2.24, 2.45) is 0 Å². The molecule has 1 aliphatic carbocycles. The number of carbonyl (C=O) groups excluding carboxylic acids is 1. The fourth-order valence-corrected chi connectivity index (χ4v) is 1.82. The quantitative estimate of drug-likeness (QED) is 0.694. The van der Waals surface area contributed by atoms with Crippen LogP contribution < -0.4 is 0 Å². The lowest BCUT2D eigenvalue weighted by Gasteiger charge is -2.15. The van der Waals surface area contributed by atoms with Crippen molar-refractivity contribution >= 4 is 5.78 Å². The monoisotopic (exact) mass is 197 g/mol. The summed E-state index contributed by atoms with van der Waals surface area (Å²) in [5.41, 5.74) is 1.80. The van der Waals surface area contributed by atoms with Crippen LogP contribution in [0.3, 0.4) is 0 Å². The molecule has 0 amide bonds. The second kappa shape index (κ2) is 4.10. The van der Waals surface area contributed by atoms with Crippen LogP contribution in [0.4, 0.5) is 0 Å². The first kappa shape index (κ1) is 9.67. The number of benzene rings is 1. The van der Waals surface area contributed by atoms with Gasteiger partial charge in [-0.15, -0.1) is 0 Å². The van der Waals surface area contributed by atoms with Gasteiger partial charge >= 0.3 is 0 Å². The summed E-state index contributed by atoms with van der Waals surface area (Å²) in [5.74, 6) is 0.485. The van der Waals surface area contributed by atoms with Crippen molar-refractivity contribution in [3.05, 3.63) is 47.5 Å². The number of allylic oxidation sites excluding steroid dienone is 2. The lowest BCUT2D eigenvalue weighted by molar-refractivity contribution is -0.115. The number of nitrogens with zero attached hydrogens (tertiary/aromatic N) is 1. The molecule has 2 nitrogen and oxygen atoms in total. The first-order valence-corrected chi connectivity index (χ1v) is 5.00. The fourth-order valence-electron chi connectivity index (χ4n) is 1.82. The van der Waals surface area contributed by atoms with Gasteiger partial charge in [-0.2, -0.15) is 5.26 Å². The lowest BCUT2D eigenvalue weighted by atomic mass is 9.88. The Labute approximate surface area is 88.8 Å². The number of nitriles is 1. The minimum Gasteiger partial charge on any atom is -0.295 e. The molecule has 1 aliphatic rings. The molecular weight excluding hydrogens is 186 g/mol. The summed E-state index contributed by atoms with van der Waals surface area (Å²) in [5, 5.41) is 8.78. The second-order valence-electron chi connectivity index (χ2n) is 3.71. The highest BCUT2D eigenvalue weighted by Crippen LogP contribution is 2.26. The van der Waals surface area contributed by atoms with Crippen LogP contribution in [0.25, 0.3) is 0 Å². The summed E-state index contributed by atoms with van der Waals surface area (Å²) in [6, 6.07) is 9.70. The number of rotatable bonds is 1. The van der Waals surface area contributed by atoms with Crippen LogP contribution in [0.2, 0.25) is 0 Å².